The Kier molecular flexibility index (Phi) is 9.11. The Labute approximate surface area is 163 Å². The van der Waals surface area contributed by atoms with E-state index in [-0.39, 0.29) is 5.97 Å². The maximum absolute atomic E-state index is 11.7. The Morgan fingerprint density at radius 3 is 2.48 bits per heavy atom. The summed E-state index contributed by atoms with van der Waals surface area (Å²) in [5, 5.41) is 6.91. The predicted molar refractivity (Wildman–Crippen MR) is 110 cm³/mol. The predicted octanol–water partition coefficient (Wildman–Crippen LogP) is 2.79. The number of piperidine rings is 1. The van der Waals surface area contributed by atoms with Gasteiger partial charge in [0.15, 0.2) is 5.96 Å². The van der Waals surface area contributed by atoms with Gasteiger partial charge in [0.2, 0.25) is 0 Å². The SMILES string of the molecule is CCCN1CCC(NC(=NCc2ccc(C(=O)OCC)cc2)NCC)CC1. The van der Waals surface area contributed by atoms with Crippen molar-refractivity contribution in [2.24, 2.45) is 4.99 Å². The number of aliphatic imine (C=N–C) groups is 1. The molecule has 0 aliphatic carbocycles. The van der Waals surface area contributed by atoms with Crippen LogP contribution in [0.25, 0.3) is 0 Å². The van der Waals surface area contributed by atoms with Crippen molar-refractivity contribution in [1.82, 2.24) is 15.5 Å². The first-order valence-electron chi connectivity index (χ1n) is 10.2. The molecule has 1 fully saturated rings. The number of benzene rings is 1. The van der Waals surface area contributed by atoms with Crippen molar-refractivity contribution in [3.05, 3.63) is 35.4 Å². The fraction of sp³-hybridized carbons (Fsp3) is 0.619. The Morgan fingerprint density at radius 2 is 1.89 bits per heavy atom. The van der Waals surface area contributed by atoms with Crippen LogP contribution < -0.4 is 10.6 Å². The maximum Gasteiger partial charge on any atom is 0.338 e. The lowest BCUT2D eigenvalue weighted by Gasteiger charge is -2.32. The number of likely N-dealkylation sites (tertiary alicyclic amines) is 1. The van der Waals surface area contributed by atoms with E-state index >= 15 is 0 Å². The second-order valence-corrected chi connectivity index (χ2v) is 6.87. The van der Waals surface area contributed by atoms with E-state index in [0.717, 1.165) is 44.0 Å². The van der Waals surface area contributed by atoms with Gasteiger partial charge in [0, 0.05) is 25.7 Å². The van der Waals surface area contributed by atoms with Crippen LogP contribution in [0.3, 0.4) is 0 Å². The molecule has 0 radical (unpaired) electrons. The lowest BCUT2D eigenvalue weighted by molar-refractivity contribution is 0.0526. The molecule has 0 aromatic heterocycles. The second-order valence-electron chi connectivity index (χ2n) is 6.87. The number of nitrogens with one attached hydrogen (secondary N) is 2. The molecule has 6 heteroatoms. The van der Waals surface area contributed by atoms with E-state index in [9.17, 15) is 4.79 Å². The number of hydrogen-bond acceptors (Lipinski definition) is 4. The summed E-state index contributed by atoms with van der Waals surface area (Å²) >= 11 is 0. The topological polar surface area (TPSA) is 66.0 Å². The van der Waals surface area contributed by atoms with Crippen LogP contribution in [0, 0.1) is 0 Å². The Balaban J connectivity index is 1.88. The highest BCUT2D eigenvalue weighted by Crippen LogP contribution is 2.11. The fourth-order valence-electron chi connectivity index (χ4n) is 3.26. The summed E-state index contributed by atoms with van der Waals surface area (Å²) in [6, 6.07) is 7.94. The van der Waals surface area contributed by atoms with Crippen molar-refractivity contribution < 1.29 is 9.53 Å². The molecule has 0 unspecified atom stereocenters. The molecule has 2 N–H and O–H groups in total. The largest absolute Gasteiger partial charge is 0.462 e. The molecule has 1 aromatic carbocycles. The smallest absolute Gasteiger partial charge is 0.338 e. The van der Waals surface area contributed by atoms with Gasteiger partial charge in [-0.2, -0.15) is 0 Å². The van der Waals surface area contributed by atoms with Crippen LogP contribution in [0.4, 0.5) is 0 Å². The number of guanidine groups is 1. The summed E-state index contributed by atoms with van der Waals surface area (Å²) in [6.45, 7) is 11.4. The quantitative estimate of drug-likeness (QED) is 0.416. The molecule has 150 valence electrons. The highest BCUT2D eigenvalue weighted by Gasteiger charge is 2.19. The minimum atomic E-state index is -0.281. The van der Waals surface area contributed by atoms with E-state index in [1.54, 1.807) is 12.1 Å². The van der Waals surface area contributed by atoms with E-state index in [2.05, 4.69) is 29.4 Å². The van der Waals surface area contributed by atoms with Crippen molar-refractivity contribution in [2.75, 3.05) is 32.8 Å². The second kappa shape index (κ2) is 11.6. The lowest BCUT2D eigenvalue weighted by atomic mass is 10.1. The third kappa shape index (κ3) is 7.21. The molecule has 6 nitrogen and oxygen atoms in total. The van der Waals surface area contributed by atoms with Gasteiger partial charge in [-0.15, -0.1) is 0 Å². The van der Waals surface area contributed by atoms with Gasteiger partial charge >= 0.3 is 5.97 Å². The van der Waals surface area contributed by atoms with E-state index in [1.165, 1.54) is 13.0 Å². The van der Waals surface area contributed by atoms with Crippen LogP contribution in [0.5, 0.6) is 0 Å². The molecule has 2 rings (SSSR count). The molecule has 1 saturated heterocycles. The molecule has 1 aliphatic rings. The van der Waals surface area contributed by atoms with Crippen molar-refractivity contribution in [3.8, 4) is 0 Å². The summed E-state index contributed by atoms with van der Waals surface area (Å²) < 4.78 is 5.02. The Hall–Kier alpha value is -2.08. The molecule has 27 heavy (non-hydrogen) atoms. The highest BCUT2D eigenvalue weighted by atomic mass is 16.5. The molecule has 0 atom stereocenters. The third-order valence-corrected chi connectivity index (χ3v) is 4.70. The molecule has 1 aliphatic heterocycles. The molecule has 0 bridgehead atoms. The average molecular weight is 375 g/mol. The summed E-state index contributed by atoms with van der Waals surface area (Å²) in [5.74, 6) is 0.581. The van der Waals surface area contributed by atoms with Gasteiger partial charge in [0.05, 0.1) is 18.7 Å². The van der Waals surface area contributed by atoms with Gasteiger partial charge < -0.3 is 20.3 Å². The van der Waals surface area contributed by atoms with Crippen LogP contribution in [0.2, 0.25) is 0 Å². The normalized spacial score (nSPS) is 16.2. The number of ether oxygens (including phenoxy) is 1. The number of carbonyl (C=O) groups excluding carboxylic acids is 1. The lowest BCUT2D eigenvalue weighted by Crippen LogP contribution is -2.48. The highest BCUT2D eigenvalue weighted by molar-refractivity contribution is 5.89. The number of hydrogen-bond donors (Lipinski definition) is 2. The zero-order valence-electron chi connectivity index (χ0n) is 17.0. The van der Waals surface area contributed by atoms with Gasteiger partial charge in [-0.05, 0) is 57.4 Å². The van der Waals surface area contributed by atoms with E-state index in [4.69, 9.17) is 9.73 Å². The van der Waals surface area contributed by atoms with Gasteiger partial charge in [-0.25, -0.2) is 9.79 Å². The van der Waals surface area contributed by atoms with Crippen LogP contribution in [0.15, 0.2) is 29.3 Å². The van der Waals surface area contributed by atoms with Crippen molar-refractivity contribution in [2.45, 2.75) is 52.6 Å². The zero-order valence-corrected chi connectivity index (χ0v) is 17.0. The zero-order chi connectivity index (χ0) is 19.5. The van der Waals surface area contributed by atoms with Gasteiger partial charge in [-0.3, -0.25) is 0 Å². The van der Waals surface area contributed by atoms with Gasteiger partial charge in [0.25, 0.3) is 0 Å². The average Bonchev–Trinajstić information content (AvgIpc) is 2.68. The molecule has 1 heterocycles. The third-order valence-electron chi connectivity index (χ3n) is 4.70. The summed E-state index contributed by atoms with van der Waals surface area (Å²) in [6.07, 6.45) is 3.52. The van der Waals surface area contributed by atoms with E-state index in [0.29, 0.717) is 24.8 Å². The summed E-state index contributed by atoms with van der Waals surface area (Å²) in [4.78, 5) is 19.0. The molecule has 0 amide bonds. The van der Waals surface area contributed by atoms with Gasteiger partial charge in [0.1, 0.15) is 0 Å². The first-order valence-corrected chi connectivity index (χ1v) is 10.2. The Bertz CT molecular complexity index is 593. The standard InChI is InChI=1S/C21H34N4O2/c1-4-13-25-14-11-19(12-15-25)24-21(22-5-2)23-16-17-7-9-18(10-8-17)20(26)27-6-3/h7-10,19H,4-6,11-16H2,1-3H3,(H2,22,23,24). The van der Waals surface area contributed by atoms with Crippen molar-refractivity contribution >= 4 is 11.9 Å². The number of nitrogens with zero attached hydrogens (tertiary/aromatic N) is 2. The van der Waals surface area contributed by atoms with E-state index in [1.807, 2.05) is 19.1 Å². The number of carbonyl (C=O) groups is 1. The van der Waals surface area contributed by atoms with Crippen LogP contribution in [-0.4, -0.2) is 55.7 Å². The molecule has 0 spiro atoms. The maximum atomic E-state index is 11.7. The molecule has 1 aromatic rings. The minimum Gasteiger partial charge on any atom is -0.462 e. The fourth-order valence-corrected chi connectivity index (χ4v) is 3.26. The molecular formula is C21H34N4O2. The first kappa shape index (κ1) is 21.2. The monoisotopic (exact) mass is 374 g/mol. The number of rotatable bonds is 8. The van der Waals surface area contributed by atoms with Crippen molar-refractivity contribution in [3.63, 3.8) is 0 Å². The molecule has 0 saturated carbocycles. The Morgan fingerprint density at radius 1 is 1.19 bits per heavy atom. The number of esters is 1. The molecular weight excluding hydrogens is 340 g/mol. The van der Waals surface area contributed by atoms with Crippen molar-refractivity contribution in [1.29, 1.82) is 0 Å². The van der Waals surface area contributed by atoms with E-state index < -0.39 is 0 Å². The van der Waals surface area contributed by atoms with Crippen LogP contribution in [0.1, 0.15) is 56.0 Å². The summed E-state index contributed by atoms with van der Waals surface area (Å²) in [5.41, 5.74) is 1.64. The minimum absolute atomic E-state index is 0.281. The van der Waals surface area contributed by atoms with Gasteiger partial charge in [-0.1, -0.05) is 19.1 Å². The van der Waals surface area contributed by atoms with Crippen LogP contribution >= 0.6 is 0 Å². The first-order chi connectivity index (χ1) is 13.2. The summed E-state index contributed by atoms with van der Waals surface area (Å²) in [7, 11) is 0. The van der Waals surface area contributed by atoms with Crippen LogP contribution in [-0.2, 0) is 11.3 Å².